The van der Waals surface area contributed by atoms with Gasteiger partial charge in [-0.05, 0) is 12.1 Å². The number of hydrogen-bond donors (Lipinski definition) is 1. The van der Waals surface area contributed by atoms with Gasteiger partial charge in [0.25, 0.3) is 0 Å². The van der Waals surface area contributed by atoms with Crippen LogP contribution in [0.25, 0.3) is 0 Å². The van der Waals surface area contributed by atoms with Crippen LogP contribution in [0.2, 0.25) is 0 Å². The standard InChI is InChI=1S/C9H10Cl2FNO2S/c10-6-8(11)9(12)13-16(14,15)7-4-2-1-3-5-7/h1-5,8-9,13H,6H2. The molecule has 0 amide bonds. The van der Waals surface area contributed by atoms with Gasteiger partial charge in [0.1, 0.15) is 0 Å². The van der Waals surface area contributed by atoms with Crippen LogP contribution in [0.3, 0.4) is 0 Å². The summed E-state index contributed by atoms with van der Waals surface area (Å²) in [4.78, 5) is -0.0175. The third-order valence-electron chi connectivity index (χ3n) is 1.79. The molecule has 0 aliphatic heterocycles. The minimum atomic E-state index is -3.88. The Kier molecular flexibility index (Phi) is 4.98. The molecule has 1 aromatic rings. The van der Waals surface area contributed by atoms with Gasteiger partial charge in [0.2, 0.25) is 10.0 Å². The van der Waals surface area contributed by atoms with E-state index in [0.717, 1.165) is 0 Å². The van der Waals surface area contributed by atoms with Gasteiger partial charge in [-0.1, -0.05) is 18.2 Å². The fourth-order valence-corrected chi connectivity index (χ4v) is 2.37. The summed E-state index contributed by atoms with van der Waals surface area (Å²) in [6.07, 6.45) is -1.91. The monoisotopic (exact) mass is 285 g/mol. The van der Waals surface area contributed by atoms with Crippen LogP contribution < -0.4 is 4.72 Å². The highest BCUT2D eigenvalue weighted by Gasteiger charge is 2.24. The minimum Gasteiger partial charge on any atom is -0.228 e. The number of nitrogens with one attached hydrogen (secondary N) is 1. The van der Waals surface area contributed by atoms with Gasteiger partial charge < -0.3 is 0 Å². The zero-order chi connectivity index (χ0) is 12.2. The molecule has 0 aliphatic rings. The van der Waals surface area contributed by atoms with Crippen LogP contribution in [0.1, 0.15) is 0 Å². The third kappa shape index (κ3) is 3.59. The predicted molar refractivity (Wildman–Crippen MR) is 62.0 cm³/mol. The molecule has 0 radical (unpaired) electrons. The highest BCUT2D eigenvalue weighted by molar-refractivity contribution is 7.89. The molecule has 0 heterocycles. The van der Waals surface area contributed by atoms with Crippen molar-refractivity contribution < 1.29 is 12.8 Å². The van der Waals surface area contributed by atoms with Gasteiger partial charge >= 0.3 is 0 Å². The summed E-state index contributed by atoms with van der Waals surface area (Å²) in [7, 11) is -3.88. The van der Waals surface area contributed by atoms with E-state index < -0.39 is 21.7 Å². The lowest BCUT2D eigenvalue weighted by Crippen LogP contribution is -2.38. The summed E-state index contributed by atoms with van der Waals surface area (Å²) in [5.41, 5.74) is 0. The van der Waals surface area contributed by atoms with Crippen molar-refractivity contribution in [2.75, 3.05) is 5.88 Å². The quantitative estimate of drug-likeness (QED) is 0.665. The second-order valence-electron chi connectivity index (χ2n) is 3.01. The second kappa shape index (κ2) is 5.82. The molecule has 16 heavy (non-hydrogen) atoms. The van der Waals surface area contributed by atoms with E-state index >= 15 is 0 Å². The Hall–Kier alpha value is -0.360. The first-order valence-electron chi connectivity index (χ1n) is 4.39. The molecule has 0 bridgehead atoms. The molecule has 0 saturated heterocycles. The first-order valence-corrected chi connectivity index (χ1v) is 6.84. The Bertz CT molecular complexity index is 426. The van der Waals surface area contributed by atoms with Gasteiger partial charge in [0, 0.05) is 5.88 Å². The molecular formula is C9H10Cl2FNO2S. The predicted octanol–water partition coefficient (Wildman–Crippen LogP) is 2.11. The molecule has 2 atom stereocenters. The van der Waals surface area contributed by atoms with Crippen LogP contribution >= 0.6 is 23.2 Å². The van der Waals surface area contributed by atoms with E-state index in [4.69, 9.17) is 23.2 Å². The van der Waals surface area contributed by atoms with Crippen molar-refractivity contribution in [2.45, 2.75) is 16.6 Å². The largest absolute Gasteiger partial charge is 0.242 e. The molecule has 0 aromatic heterocycles. The molecule has 1 rings (SSSR count). The Balaban J connectivity index is 2.81. The van der Waals surface area contributed by atoms with Crippen LogP contribution in [-0.2, 0) is 10.0 Å². The van der Waals surface area contributed by atoms with Crippen LogP contribution in [0.15, 0.2) is 35.2 Å². The van der Waals surface area contributed by atoms with Crippen molar-refractivity contribution in [3.05, 3.63) is 30.3 Å². The lowest BCUT2D eigenvalue weighted by atomic mass is 10.4. The molecule has 0 aliphatic carbocycles. The van der Waals surface area contributed by atoms with Gasteiger partial charge in [-0.3, -0.25) is 0 Å². The molecule has 2 unspecified atom stereocenters. The Labute approximate surface area is 104 Å². The first-order chi connectivity index (χ1) is 7.47. The topological polar surface area (TPSA) is 46.2 Å². The molecule has 0 spiro atoms. The van der Waals surface area contributed by atoms with E-state index in [0.29, 0.717) is 0 Å². The van der Waals surface area contributed by atoms with Crippen molar-refractivity contribution in [1.82, 2.24) is 4.72 Å². The Morgan fingerprint density at radius 1 is 1.31 bits per heavy atom. The summed E-state index contributed by atoms with van der Waals surface area (Å²) < 4.78 is 38.3. The van der Waals surface area contributed by atoms with Crippen LogP contribution in [0.5, 0.6) is 0 Å². The van der Waals surface area contributed by atoms with E-state index in [1.54, 1.807) is 18.2 Å². The lowest BCUT2D eigenvalue weighted by Gasteiger charge is -2.14. The van der Waals surface area contributed by atoms with Crippen molar-refractivity contribution >= 4 is 33.2 Å². The van der Waals surface area contributed by atoms with Crippen LogP contribution in [0, 0.1) is 0 Å². The lowest BCUT2D eigenvalue weighted by molar-refractivity contribution is 0.311. The van der Waals surface area contributed by atoms with E-state index in [1.165, 1.54) is 12.1 Å². The van der Waals surface area contributed by atoms with E-state index in [1.807, 2.05) is 4.72 Å². The van der Waals surface area contributed by atoms with Gasteiger partial charge in [0.15, 0.2) is 6.30 Å². The Morgan fingerprint density at radius 2 is 1.88 bits per heavy atom. The molecular weight excluding hydrogens is 276 g/mol. The summed E-state index contributed by atoms with van der Waals surface area (Å²) in [6, 6.07) is 7.47. The smallest absolute Gasteiger partial charge is 0.228 e. The average molecular weight is 286 g/mol. The third-order valence-corrected chi connectivity index (χ3v) is 4.08. The van der Waals surface area contributed by atoms with Crippen molar-refractivity contribution in [3.63, 3.8) is 0 Å². The van der Waals surface area contributed by atoms with Crippen LogP contribution in [-0.4, -0.2) is 26.0 Å². The average Bonchev–Trinajstić information content (AvgIpc) is 2.28. The number of alkyl halides is 3. The summed E-state index contributed by atoms with van der Waals surface area (Å²) >= 11 is 10.8. The zero-order valence-electron chi connectivity index (χ0n) is 8.11. The van der Waals surface area contributed by atoms with E-state index in [9.17, 15) is 12.8 Å². The normalized spacial score (nSPS) is 15.7. The van der Waals surface area contributed by atoms with Gasteiger partial charge in [-0.15, -0.1) is 23.2 Å². The fraction of sp³-hybridized carbons (Fsp3) is 0.333. The Morgan fingerprint density at radius 3 is 2.38 bits per heavy atom. The number of rotatable bonds is 5. The highest BCUT2D eigenvalue weighted by Crippen LogP contribution is 2.12. The van der Waals surface area contributed by atoms with Gasteiger partial charge in [-0.2, -0.15) is 4.72 Å². The second-order valence-corrected chi connectivity index (χ2v) is 5.59. The molecule has 90 valence electrons. The number of sulfonamides is 1. The maximum atomic E-state index is 13.3. The molecule has 0 fully saturated rings. The molecule has 7 heteroatoms. The number of hydrogen-bond acceptors (Lipinski definition) is 2. The number of benzene rings is 1. The summed E-state index contributed by atoms with van der Waals surface area (Å²) in [5, 5.41) is -1.10. The minimum absolute atomic E-state index is 0.0175. The fourth-order valence-electron chi connectivity index (χ4n) is 0.968. The maximum absolute atomic E-state index is 13.3. The SMILES string of the molecule is O=S(=O)(NC(F)C(Cl)CCl)c1ccccc1. The van der Waals surface area contributed by atoms with Crippen molar-refractivity contribution in [2.24, 2.45) is 0 Å². The highest BCUT2D eigenvalue weighted by atomic mass is 35.5. The first kappa shape index (κ1) is 13.7. The molecule has 1 aromatic carbocycles. The number of halogens is 3. The molecule has 1 N–H and O–H groups in total. The molecule has 0 saturated carbocycles. The molecule has 3 nitrogen and oxygen atoms in total. The van der Waals surface area contributed by atoms with Gasteiger partial charge in [0.05, 0.1) is 10.3 Å². The van der Waals surface area contributed by atoms with Crippen LogP contribution in [0.4, 0.5) is 4.39 Å². The zero-order valence-corrected chi connectivity index (χ0v) is 10.4. The summed E-state index contributed by atoms with van der Waals surface area (Å²) in [6.45, 7) is 0. The summed E-state index contributed by atoms with van der Waals surface area (Å²) in [5.74, 6) is -0.181. The van der Waals surface area contributed by atoms with Gasteiger partial charge in [-0.25, -0.2) is 12.8 Å². The van der Waals surface area contributed by atoms with Crippen molar-refractivity contribution in [1.29, 1.82) is 0 Å². The maximum Gasteiger partial charge on any atom is 0.242 e. The van der Waals surface area contributed by atoms with E-state index in [2.05, 4.69) is 0 Å². The van der Waals surface area contributed by atoms with Crippen molar-refractivity contribution in [3.8, 4) is 0 Å². The van der Waals surface area contributed by atoms with E-state index in [-0.39, 0.29) is 10.8 Å².